The highest BCUT2D eigenvalue weighted by Gasteiger charge is 2.10. The molecule has 0 unspecified atom stereocenters. The molecule has 0 aliphatic rings. The Morgan fingerprint density at radius 3 is 2.73 bits per heavy atom. The minimum atomic E-state index is 0.0446. The van der Waals surface area contributed by atoms with E-state index in [1.54, 1.807) is 6.92 Å². The molecule has 1 aromatic heterocycles. The molecular formula is C25H33N3O2. The molecule has 2 aromatic carbocycles. The summed E-state index contributed by atoms with van der Waals surface area (Å²) in [5.74, 6) is 2.15. The van der Waals surface area contributed by atoms with Crippen LogP contribution in [-0.2, 0) is 17.8 Å². The number of ether oxygens (including phenoxy) is 1. The van der Waals surface area contributed by atoms with E-state index in [1.807, 2.05) is 18.2 Å². The predicted octanol–water partition coefficient (Wildman–Crippen LogP) is 5.05. The van der Waals surface area contributed by atoms with E-state index in [1.165, 1.54) is 11.1 Å². The lowest BCUT2D eigenvalue weighted by molar-refractivity contribution is -0.118. The maximum atomic E-state index is 11.0. The number of hydrogen-bond donors (Lipinski definition) is 1. The second-order valence-corrected chi connectivity index (χ2v) is 7.83. The zero-order valence-corrected chi connectivity index (χ0v) is 18.2. The normalized spacial score (nSPS) is 11.0. The topological polar surface area (TPSA) is 56.2 Å². The molecule has 3 aromatic rings. The van der Waals surface area contributed by atoms with Crippen molar-refractivity contribution in [1.29, 1.82) is 0 Å². The Bertz CT molecular complexity index is 948. The quantitative estimate of drug-likeness (QED) is 0.427. The highest BCUT2D eigenvalue weighted by Crippen LogP contribution is 2.19. The van der Waals surface area contributed by atoms with E-state index in [2.05, 4.69) is 47.1 Å². The fourth-order valence-electron chi connectivity index (χ4n) is 3.68. The van der Waals surface area contributed by atoms with Crippen molar-refractivity contribution in [3.63, 3.8) is 0 Å². The standard InChI is InChI=1S/C25H33N3O2/c1-20-11-10-12-22(19-20)30-18-9-8-17-28-24-14-6-5-13-23(24)27-25(28)15-4-3-7-16-26-21(2)29/h5-6,10-14,19H,3-4,7-9,15-18H2,1-2H3,(H,26,29). The van der Waals surface area contributed by atoms with Gasteiger partial charge in [0.25, 0.3) is 0 Å². The van der Waals surface area contributed by atoms with Crippen molar-refractivity contribution in [2.24, 2.45) is 0 Å². The van der Waals surface area contributed by atoms with E-state index >= 15 is 0 Å². The van der Waals surface area contributed by atoms with Gasteiger partial charge in [0.1, 0.15) is 11.6 Å². The summed E-state index contributed by atoms with van der Waals surface area (Å²) in [6.07, 6.45) is 6.22. The fraction of sp³-hybridized carbons (Fsp3) is 0.440. The molecule has 0 saturated carbocycles. The number of nitrogens with zero attached hydrogens (tertiary/aromatic N) is 2. The Balaban J connectivity index is 1.49. The molecule has 0 fully saturated rings. The predicted molar refractivity (Wildman–Crippen MR) is 122 cm³/mol. The van der Waals surface area contributed by atoms with Crippen LogP contribution in [0.5, 0.6) is 5.75 Å². The molecule has 0 radical (unpaired) electrons. The van der Waals surface area contributed by atoms with E-state index in [-0.39, 0.29) is 5.91 Å². The first-order valence-corrected chi connectivity index (χ1v) is 11.0. The minimum absolute atomic E-state index is 0.0446. The molecule has 0 spiro atoms. The van der Waals surface area contributed by atoms with Gasteiger partial charge in [-0.2, -0.15) is 0 Å². The van der Waals surface area contributed by atoms with Crippen LogP contribution in [0, 0.1) is 6.92 Å². The average molecular weight is 408 g/mol. The molecule has 3 rings (SSSR count). The van der Waals surface area contributed by atoms with Crippen molar-refractivity contribution in [2.45, 2.75) is 58.9 Å². The fourth-order valence-corrected chi connectivity index (χ4v) is 3.68. The molecule has 0 bridgehead atoms. The number of benzene rings is 2. The first-order chi connectivity index (χ1) is 14.6. The van der Waals surface area contributed by atoms with Crippen molar-refractivity contribution in [2.75, 3.05) is 13.2 Å². The second kappa shape index (κ2) is 11.4. The van der Waals surface area contributed by atoms with Gasteiger partial charge in [0, 0.05) is 26.4 Å². The summed E-state index contributed by atoms with van der Waals surface area (Å²) in [6, 6.07) is 16.6. The molecule has 0 saturated heterocycles. The number of aromatic nitrogens is 2. The number of hydrogen-bond acceptors (Lipinski definition) is 3. The summed E-state index contributed by atoms with van der Waals surface area (Å²) in [6.45, 7) is 6.09. The monoisotopic (exact) mass is 407 g/mol. The van der Waals surface area contributed by atoms with Gasteiger partial charge in [-0.1, -0.05) is 30.7 Å². The second-order valence-electron chi connectivity index (χ2n) is 7.83. The number of carbonyl (C=O) groups is 1. The van der Waals surface area contributed by atoms with Gasteiger partial charge in [-0.15, -0.1) is 0 Å². The Morgan fingerprint density at radius 1 is 1.03 bits per heavy atom. The number of imidazole rings is 1. The molecular weight excluding hydrogens is 374 g/mol. The third kappa shape index (κ3) is 6.61. The third-order valence-corrected chi connectivity index (χ3v) is 5.22. The lowest BCUT2D eigenvalue weighted by Gasteiger charge is -2.10. The molecule has 30 heavy (non-hydrogen) atoms. The van der Waals surface area contributed by atoms with Crippen LogP contribution in [-0.4, -0.2) is 28.6 Å². The summed E-state index contributed by atoms with van der Waals surface area (Å²) in [5, 5.41) is 2.86. The van der Waals surface area contributed by atoms with Crippen molar-refractivity contribution in [1.82, 2.24) is 14.9 Å². The van der Waals surface area contributed by atoms with Crippen LogP contribution in [0.15, 0.2) is 48.5 Å². The van der Waals surface area contributed by atoms with Crippen molar-refractivity contribution < 1.29 is 9.53 Å². The van der Waals surface area contributed by atoms with Gasteiger partial charge in [-0.25, -0.2) is 4.98 Å². The number of aryl methyl sites for hydroxylation is 3. The van der Waals surface area contributed by atoms with E-state index < -0.39 is 0 Å². The summed E-state index contributed by atoms with van der Waals surface area (Å²) in [5.41, 5.74) is 3.51. The van der Waals surface area contributed by atoms with Crippen LogP contribution in [0.4, 0.5) is 0 Å². The Hall–Kier alpha value is -2.82. The number of carbonyl (C=O) groups excluding carboxylic acids is 1. The smallest absolute Gasteiger partial charge is 0.216 e. The zero-order chi connectivity index (χ0) is 21.2. The molecule has 1 heterocycles. The molecule has 160 valence electrons. The largest absolute Gasteiger partial charge is 0.494 e. The van der Waals surface area contributed by atoms with Gasteiger partial charge >= 0.3 is 0 Å². The van der Waals surface area contributed by atoms with Gasteiger partial charge in [-0.05, 0) is 62.4 Å². The number of nitrogens with one attached hydrogen (secondary N) is 1. The van der Waals surface area contributed by atoms with Crippen LogP contribution in [0.1, 0.15) is 50.4 Å². The first kappa shape index (κ1) is 21.9. The Labute approximate surface area is 179 Å². The van der Waals surface area contributed by atoms with E-state index in [4.69, 9.17) is 9.72 Å². The first-order valence-electron chi connectivity index (χ1n) is 11.0. The molecule has 0 atom stereocenters. The van der Waals surface area contributed by atoms with Gasteiger partial charge < -0.3 is 14.6 Å². The Morgan fingerprint density at radius 2 is 1.90 bits per heavy atom. The molecule has 1 amide bonds. The van der Waals surface area contributed by atoms with Gasteiger partial charge in [0.15, 0.2) is 0 Å². The molecule has 0 aliphatic heterocycles. The number of unbranched alkanes of at least 4 members (excludes halogenated alkanes) is 3. The van der Waals surface area contributed by atoms with Crippen molar-refractivity contribution in [3.05, 3.63) is 59.9 Å². The number of rotatable bonds is 12. The average Bonchev–Trinajstić information content (AvgIpc) is 3.08. The van der Waals surface area contributed by atoms with Crippen LogP contribution in [0.2, 0.25) is 0 Å². The summed E-state index contributed by atoms with van der Waals surface area (Å²) in [7, 11) is 0. The summed E-state index contributed by atoms with van der Waals surface area (Å²) >= 11 is 0. The van der Waals surface area contributed by atoms with E-state index in [0.717, 1.165) is 75.3 Å². The minimum Gasteiger partial charge on any atom is -0.494 e. The van der Waals surface area contributed by atoms with Crippen LogP contribution in [0.3, 0.4) is 0 Å². The number of fused-ring (bicyclic) bond motifs is 1. The van der Waals surface area contributed by atoms with E-state index in [9.17, 15) is 4.79 Å². The van der Waals surface area contributed by atoms with Gasteiger partial charge in [0.2, 0.25) is 5.91 Å². The number of amides is 1. The lowest BCUT2D eigenvalue weighted by atomic mass is 10.2. The van der Waals surface area contributed by atoms with Crippen molar-refractivity contribution >= 4 is 16.9 Å². The van der Waals surface area contributed by atoms with Crippen LogP contribution in [0.25, 0.3) is 11.0 Å². The van der Waals surface area contributed by atoms with Gasteiger partial charge in [-0.3, -0.25) is 4.79 Å². The van der Waals surface area contributed by atoms with Crippen LogP contribution < -0.4 is 10.1 Å². The van der Waals surface area contributed by atoms with Crippen molar-refractivity contribution in [3.8, 4) is 5.75 Å². The Kier molecular flexibility index (Phi) is 8.30. The maximum absolute atomic E-state index is 11.0. The highest BCUT2D eigenvalue weighted by molar-refractivity contribution is 5.75. The SMILES string of the molecule is CC(=O)NCCCCCc1nc2ccccc2n1CCCCOc1cccc(C)c1. The lowest BCUT2D eigenvalue weighted by Crippen LogP contribution is -2.20. The number of para-hydroxylation sites is 2. The van der Waals surface area contributed by atoms with E-state index in [0.29, 0.717) is 0 Å². The molecule has 5 heteroatoms. The summed E-state index contributed by atoms with van der Waals surface area (Å²) < 4.78 is 8.26. The van der Waals surface area contributed by atoms with Gasteiger partial charge in [0.05, 0.1) is 17.6 Å². The zero-order valence-electron chi connectivity index (χ0n) is 18.2. The third-order valence-electron chi connectivity index (χ3n) is 5.22. The van der Waals surface area contributed by atoms with Crippen LogP contribution >= 0.6 is 0 Å². The molecule has 0 aliphatic carbocycles. The molecule has 1 N–H and O–H groups in total. The highest BCUT2D eigenvalue weighted by atomic mass is 16.5. The molecule has 5 nitrogen and oxygen atoms in total. The maximum Gasteiger partial charge on any atom is 0.216 e. The summed E-state index contributed by atoms with van der Waals surface area (Å²) in [4.78, 5) is 15.8.